The largest absolute Gasteiger partial charge is 0.302 e. The van der Waals surface area contributed by atoms with Crippen molar-refractivity contribution in [2.75, 3.05) is 0 Å². The highest BCUT2D eigenvalue weighted by Gasteiger charge is 2.31. The molecule has 0 saturated carbocycles. The summed E-state index contributed by atoms with van der Waals surface area (Å²) in [6, 6.07) is 0. The Hall–Kier alpha value is -1.37. The van der Waals surface area contributed by atoms with E-state index in [9.17, 15) is 4.79 Å². The summed E-state index contributed by atoms with van der Waals surface area (Å²) < 4.78 is 0. The molecule has 1 heteroatoms. The zero-order valence-electron chi connectivity index (χ0n) is 6.58. The highest BCUT2D eigenvalue weighted by atomic mass is 16.1. The predicted molar refractivity (Wildman–Crippen MR) is 46.5 cm³/mol. The first-order chi connectivity index (χ1) is 5.90. The van der Waals surface area contributed by atoms with E-state index in [1.165, 1.54) is 22.3 Å². The lowest BCUT2D eigenvalue weighted by Gasteiger charge is -2.05. The smallest absolute Gasteiger partial charge is 0.131 e. The van der Waals surface area contributed by atoms with Crippen molar-refractivity contribution >= 4 is 6.29 Å². The number of carbonyl (C=O) groups is 1. The molecule has 0 aromatic heterocycles. The van der Waals surface area contributed by atoms with Gasteiger partial charge in [-0.3, -0.25) is 0 Å². The van der Waals surface area contributed by atoms with Gasteiger partial charge >= 0.3 is 0 Å². The number of hydrogen-bond acceptors (Lipinski definition) is 1. The van der Waals surface area contributed by atoms with Crippen LogP contribution in [0, 0.1) is 5.92 Å². The van der Waals surface area contributed by atoms with Crippen LogP contribution < -0.4 is 0 Å². The average Bonchev–Trinajstić information content (AvgIpc) is 2.76. The fraction of sp³-hybridized carbons (Fsp3) is 0.182. The fourth-order valence-electron chi connectivity index (χ4n) is 2.24. The minimum absolute atomic E-state index is 0.0393. The molecule has 0 aromatic carbocycles. The Bertz CT molecular complexity index is 391. The van der Waals surface area contributed by atoms with Crippen LogP contribution in [0.5, 0.6) is 0 Å². The summed E-state index contributed by atoms with van der Waals surface area (Å²) in [7, 11) is 0. The van der Waals surface area contributed by atoms with Crippen molar-refractivity contribution < 1.29 is 4.79 Å². The Balaban J connectivity index is 2.25. The SMILES string of the molecule is O=CC1C=CC2=C3C=CC(=C21)C3. The third-order valence-electron chi connectivity index (χ3n) is 2.80. The molecule has 1 unspecified atom stereocenters. The highest BCUT2D eigenvalue weighted by Crippen LogP contribution is 2.45. The highest BCUT2D eigenvalue weighted by molar-refractivity contribution is 5.77. The lowest BCUT2D eigenvalue weighted by Crippen LogP contribution is -1.99. The molecule has 0 radical (unpaired) electrons. The standard InChI is InChI=1S/C11H8O/c12-6-9-3-4-10-7-1-2-8(5-7)11(9)10/h1-4,6,9H,5H2. The van der Waals surface area contributed by atoms with Gasteiger partial charge in [0, 0.05) is 0 Å². The van der Waals surface area contributed by atoms with Crippen LogP contribution in [0.1, 0.15) is 6.42 Å². The maximum atomic E-state index is 10.7. The van der Waals surface area contributed by atoms with Crippen molar-refractivity contribution in [3.05, 3.63) is 46.6 Å². The van der Waals surface area contributed by atoms with E-state index in [1.54, 1.807) is 0 Å². The average molecular weight is 156 g/mol. The van der Waals surface area contributed by atoms with Crippen LogP contribution in [-0.4, -0.2) is 6.29 Å². The maximum absolute atomic E-state index is 10.7. The van der Waals surface area contributed by atoms with Crippen LogP contribution >= 0.6 is 0 Å². The molecule has 3 rings (SSSR count). The molecule has 2 bridgehead atoms. The van der Waals surface area contributed by atoms with Gasteiger partial charge in [0.2, 0.25) is 0 Å². The summed E-state index contributed by atoms with van der Waals surface area (Å²) in [4.78, 5) is 10.7. The number of fused-ring (bicyclic) bond motifs is 3. The van der Waals surface area contributed by atoms with Gasteiger partial charge in [-0.2, -0.15) is 0 Å². The molecule has 3 aliphatic rings. The summed E-state index contributed by atoms with van der Waals surface area (Å²) in [6.07, 6.45) is 10.5. The van der Waals surface area contributed by atoms with Crippen molar-refractivity contribution in [1.82, 2.24) is 0 Å². The molecule has 0 aliphatic heterocycles. The van der Waals surface area contributed by atoms with Crippen molar-refractivity contribution in [1.29, 1.82) is 0 Å². The monoisotopic (exact) mass is 156 g/mol. The van der Waals surface area contributed by atoms with Gasteiger partial charge < -0.3 is 4.79 Å². The minimum Gasteiger partial charge on any atom is -0.302 e. The first kappa shape index (κ1) is 6.18. The van der Waals surface area contributed by atoms with Crippen LogP contribution in [0.15, 0.2) is 46.6 Å². The molecule has 58 valence electrons. The van der Waals surface area contributed by atoms with Crippen molar-refractivity contribution in [2.45, 2.75) is 6.42 Å². The van der Waals surface area contributed by atoms with Gasteiger partial charge in [-0.1, -0.05) is 24.3 Å². The van der Waals surface area contributed by atoms with E-state index in [0.717, 1.165) is 12.7 Å². The van der Waals surface area contributed by atoms with Gasteiger partial charge in [0.1, 0.15) is 6.29 Å². The third kappa shape index (κ3) is 0.536. The topological polar surface area (TPSA) is 17.1 Å². The molecular weight excluding hydrogens is 148 g/mol. The van der Waals surface area contributed by atoms with Gasteiger partial charge in [-0.05, 0) is 28.7 Å². The molecule has 3 aliphatic carbocycles. The Morgan fingerprint density at radius 3 is 2.92 bits per heavy atom. The molecule has 0 spiro atoms. The van der Waals surface area contributed by atoms with E-state index in [0.29, 0.717) is 0 Å². The Labute approximate surface area is 70.8 Å². The van der Waals surface area contributed by atoms with Gasteiger partial charge in [0.25, 0.3) is 0 Å². The Morgan fingerprint density at radius 2 is 2.08 bits per heavy atom. The third-order valence-corrected chi connectivity index (χ3v) is 2.80. The van der Waals surface area contributed by atoms with Crippen LogP contribution in [0.4, 0.5) is 0 Å². The molecule has 1 atom stereocenters. The van der Waals surface area contributed by atoms with E-state index in [-0.39, 0.29) is 5.92 Å². The summed E-state index contributed by atoms with van der Waals surface area (Å²) in [5.74, 6) is 0.0393. The second-order valence-electron chi connectivity index (χ2n) is 3.41. The van der Waals surface area contributed by atoms with E-state index in [2.05, 4.69) is 18.2 Å². The minimum atomic E-state index is 0.0393. The molecule has 0 N–H and O–H groups in total. The number of aldehydes is 1. The molecule has 0 saturated heterocycles. The fourth-order valence-corrected chi connectivity index (χ4v) is 2.24. The van der Waals surface area contributed by atoms with Crippen molar-refractivity contribution in [3.63, 3.8) is 0 Å². The lowest BCUT2D eigenvalue weighted by atomic mass is 9.97. The predicted octanol–water partition coefficient (Wildman–Crippen LogP) is 1.94. The number of hydrogen-bond donors (Lipinski definition) is 0. The van der Waals surface area contributed by atoms with Gasteiger partial charge in [0.05, 0.1) is 5.92 Å². The molecule has 1 nitrogen and oxygen atoms in total. The molecule has 0 amide bonds. The second kappa shape index (κ2) is 1.86. The van der Waals surface area contributed by atoms with Gasteiger partial charge in [-0.15, -0.1) is 0 Å². The second-order valence-corrected chi connectivity index (χ2v) is 3.41. The summed E-state index contributed by atoms with van der Waals surface area (Å²) in [6.45, 7) is 0. The van der Waals surface area contributed by atoms with Gasteiger partial charge in [0.15, 0.2) is 0 Å². The molecule has 0 heterocycles. The van der Waals surface area contributed by atoms with E-state index in [1.807, 2.05) is 6.08 Å². The zero-order valence-corrected chi connectivity index (χ0v) is 6.58. The van der Waals surface area contributed by atoms with Crippen molar-refractivity contribution in [3.8, 4) is 0 Å². The quantitative estimate of drug-likeness (QED) is 0.530. The lowest BCUT2D eigenvalue weighted by molar-refractivity contribution is -0.109. The van der Waals surface area contributed by atoms with Crippen LogP contribution in [0.3, 0.4) is 0 Å². The first-order valence-corrected chi connectivity index (χ1v) is 4.18. The number of rotatable bonds is 1. The number of carbonyl (C=O) groups excluding carboxylic acids is 1. The van der Waals surface area contributed by atoms with Crippen molar-refractivity contribution in [2.24, 2.45) is 5.92 Å². The molecule has 0 fully saturated rings. The summed E-state index contributed by atoms with van der Waals surface area (Å²) in [5.41, 5.74) is 5.31. The van der Waals surface area contributed by atoms with Crippen LogP contribution in [0.2, 0.25) is 0 Å². The molecule has 0 aromatic rings. The van der Waals surface area contributed by atoms with Crippen LogP contribution in [-0.2, 0) is 4.79 Å². The first-order valence-electron chi connectivity index (χ1n) is 4.18. The van der Waals surface area contributed by atoms with E-state index >= 15 is 0 Å². The molecule has 12 heavy (non-hydrogen) atoms. The normalized spacial score (nSPS) is 29.2. The summed E-state index contributed by atoms with van der Waals surface area (Å²) in [5, 5.41) is 0. The van der Waals surface area contributed by atoms with E-state index < -0.39 is 0 Å². The molecular formula is C11H8O. The van der Waals surface area contributed by atoms with E-state index in [4.69, 9.17) is 0 Å². The Morgan fingerprint density at radius 1 is 1.25 bits per heavy atom. The summed E-state index contributed by atoms with van der Waals surface area (Å²) >= 11 is 0. The van der Waals surface area contributed by atoms with Gasteiger partial charge in [-0.25, -0.2) is 0 Å². The number of allylic oxidation sites excluding steroid dienone is 8. The maximum Gasteiger partial charge on any atom is 0.131 e. The Kier molecular flexibility index (Phi) is 0.959. The van der Waals surface area contributed by atoms with Crippen LogP contribution in [0.25, 0.3) is 0 Å². The zero-order chi connectivity index (χ0) is 8.13.